The summed E-state index contributed by atoms with van der Waals surface area (Å²) in [6, 6.07) is 6.32. The quantitative estimate of drug-likeness (QED) is 0.545. The van der Waals surface area contributed by atoms with E-state index in [9.17, 15) is 4.39 Å². The second-order valence-electron chi connectivity index (χ2n) is 2.28. The molecule has 0 amide bonds. The van der Waals surface area contributed by atoms with Crippen molar-refractivity contribution < 1.29 is 4.39 Å². The summed E-state index contributed by atoms with van der Waals surface area (Å²) in [7, 11) is 0. The predicted octanol–water partition coefficient (Wildman–Crippen LogP) is 2.22. The van der Waals surface area contributed by atoms with E-state index in [1.54, 1.807) is 12.1 Å². The van der Waals surface area contributed by atoms with E-state index in [0.29, 0.717) is 0 Å². The van der Waals surface area contributed by atoms with Crippen LogP contribution in [0.1, 0.15) is 6.92 Å². The van der Waals surface area contributed by atoms with Gasteiger partial charge in [-0.1, -0.05) is 0 Å². The maximum absolute atomic E-state index is 12.4. The molecule has 0 saturated carbocycles. The van der Waals surface area contributed by atoms with Crippen molar-refractivity contribution in [3.8, 4) is 0 Å². The van der Waals surface area contributed by atoms with Crippen molar-refractivity contribution in [2.24, 2.45) is 5.73 Å². The third-order valence-electron chi connectivity index (χ3n) is 1.14. The minimum absolute atomic E-state index is 0.0560. The first-order valence-electron chi connectivity index (χ1n) is 3.36. The Hall–Kier alpha value is -0.540. The minimum atomic E-state index is -0.209. The molecule has 1 nitrogen and oxygen atoms in total. The Bertz CT molecular complexity index is 220. The number of halogens is 1. The van der Waals surface area contributed by atoms with Crippen LogP contribution in [0.15, 0.2) is 29.2 Å². The average molecular weight is 171 g/mol. The fraction of sp³-hybridized carbons (Fsp3) is 0.250. The molecular formula is C8H10FNS. The Morgan fingerprint density at radius 2 is 1.91 bits per heavy atom. The first-order valence-corrected chi connectivity index (χ1v) is 4.24. The zero-order valence-electron chi connectivity index (χ0n) is 6.25. The molecule has 0 heterocycles. The molecule has 1 aromatic carbocycles. The van der Waals surface area contributed by atoms with Crippen LogP contribution in [0.2, 0.25) is 0 Å². The normalized spacial score (nSPS) is 13.0. The maximum Gasteiger partial charge on any atom is 0.123 e. The summed E-state index contributed by atoms with van der Waals surface area (Å²) in [6.07, 6.45) is 0. The van der Waals surface area contributed by atoms with E-state index in [0.717, 1.165) is 4.90 Å². The van der Waals surface area contributed by atoms with Gasteiger partial charge in [-0.05, 0) is 31.2 Å². The predicted molar refractivity (Wildman–Crippen MR) is 45.9 cm³/mol. The molecule has 0 spiro atoms. The monoisotopic (exact) mass is 171 g/mol. The summed E-state index contributed by atoms with van der Waals surface area (Å²) in [5.74, 6) is -0.209. The van der Waals surface area contributed by atoms with Gasteiger partial charge in [0.2, 0.25) is 0 Å². The molecule has 2 N–H and O–H groups in total. The van der Waals surface area contributed by atoms with Crippen molar-refractivity contribution in [3.05, 3.63) is 30.1 Å². The van der Waals surface area contributed by atoms with Crippen LogP contribution < -0.4 is 5.73 Å². The van der Waals surface area contributed by atoms with Crippen molar-refractivity contribution in [2.45, 2.75) is 17.2 Å². The highest BCUT2D eigenvalue weighted by Gasteiger charge is 1.97. The number of nitrogens with two attached hydrogens (primary N) is 1. The molecule has 0 aliphatic carbocycles. The number of rotatable bonds is 2. The van der Waals surface area contributed by atoms with Gasteiger partial charge in [-0.3, -0.25) is 0 Å². The second-order valence-corrected chi connectivity index (χ2v) is 3.73. The molecule has 0 aliphatic rings. The molecule has 1 aromatic rings. The summed E-state index contributed by atoms with van der Waals surface area (Å²) in [5, 5.41) is 0.0560. The molecule has 1 rings (SSSR count). The van der Waals surface area contributed by atoms with Crippen molar-refractivity contribution in [1.82, 2.24) is 0 Å². The van der Waals surface area contributed by atoms with Crippen molar-refractivity contribution in [1.29, 1.82) is 0 Å². The van der Waals surface area contributed by atoms with Gasteiger partial charge in [0.05, 0.1) is 5.37 Å². The summed E-state index contributed by atoms with van der Waals surface area (Å²) >= 11 is 1.52. The van der Waals surface area contributed by atoms with Crippen LogP contribution >= 0.6 is 11.8 Å². The second kappa shape index (κ2) is 3.74. The van der Waals surface area contributed by atoms with Gasteiger partial charge in [0, 0.05) is 4.90 Å². The lowest BCUT2D eigenvalue weighted by atomic mass is 10.4. The van der Waals surface area contributed by atoms with Crippen LogP contribution in [0, 0.1) is 5.82 Å². The third-order valence-corrected chi connectivity index (χ3v) is 2.05. The minimum Gasteiger partial charge on any atom is -0.319 e. The maximum atomic E-state index is 12.4. The molecule has 3 heteroatoms. The highest BCUT2D eigenvalue weighted by atomic mass is 32.2. The van der Waals surface area contributed by atoms with E-state index in [4.69, 9.17) is 5.73 Å². The summed E-state index contributed by atoms with van der Waals surface area (Å²) < 4.78 is 12.4. The van der Waals surface area contributed by atoms with Gasteiger partial charge < -0.3 is 5.73 Å². The van der Waals surface area contributed by atoms with E-state index in [-0.39, 0.29) is 11.2 Å². The Labute approximate surface area is 69.8 Å². The molecule has 0 fully saturated rings. The fourth-order valence-electron chi connectivity index (χ4n) is 0.728. The zero-order chi connectivity index (χ0) is 8.27. The molecule has 11 heavy (non-hydrogen) atoms. The van der Waals surface area contributed by atoms with Crippen LogP contribution in [0.5, 0.6) is 0 Å². The number of hydrogen-bond acceptors (Lipinski definition) is 2. The molecule has 0 saturated heterocycles. The lowest BCUT2D eigenvalue weighted by Gasteiger charge is -2.03. The standard InChI is InChI=1S/C8H10FNS/c1-6(10)11-8-4-2-7(9)3-5-8/h2-6H,10H2,1H3. The fourth-order valence-corrected chi connectivity index (χ4v) is 1.45. The largest absolute Gasteiger partial charge is 0.319 e. The van der Waals surface area contributed by atoms with Crippen molar-refractivity contribution in [3.63, 3.8) is 0 Å². The van der Waals surface area contributed by atoms with E-state index < -0.39 is 0 Å². The molecular weight excluding hydrogens is 161 g/mol. The molecule has 0 aromatic heterocycles. The van der Waals surface area contributed by atoms with Gasteiger partial charge in [0.1, 0.15) is 5.82 Å². The highest BCUT2D eigenvalue weighted by Crippen LogP contribution is 2.19. The van der Waals surface area contributed by atoms with Crippen LogP contribution in [-0.4, -0.2) is 5.37 Å². The number of hydrogen-bond donors (Lipinski definition) is 1. The van der Waals surface area contributed by atoms with E-state index in [1.807, 2.05) is 6.92 Å². The smallest absolute Gasteiger partial charge is 0.123 e. The lowest BCUT2D eigenvalue weighted by molar-refractivity contribution is 0.626. The van der Waals surface area contributed by atoms with Crippen LogP contribution in [0.4, 0.5) is 4.39 Å². The van der Waals surface area contributed by atoms with Crippen LogP contribution in [-0.2, 0) is 0 Å². The van der Waals surface area contributed by atoms with Crippen molar-refractivity contribution >= 4 is 11.8 Å². The van der Waals surface area contributed by atoms with Crippen molar-refractivity contribution in [2.75, 3.05) is 0 Å². The van der Waals surface area contributed by atoms with E-state index in [1.165, 1.54) is 23.9 Å². The average Bonchev–Trinajstić information content (AvgIpc) is 1.93. The van der Waals surface area contributed by atoms with Crippen LogP contribution in [0.25, 0.3) is 0 Å². The molecule has 0 bridgehead atoms. The topological polar surface area (TPSA) is 26.0 Å². The molecule has 60 valence electrons. The summed E-state index contributed by atoms with van der Waals surface area (Å²) in [6.45, 7) is 1.90. The SMILES string of the molecule is CC(N)Sc1ccc(F)cc1. The number of benzene rings is 1. The Kier molecular flexibility index (Phi) is 2.91. The number of thioether (sulfide) groups is 1. The summed E-state index contributed by atoms with van der Waals surface area (Å²) in [4.78, 5) is 1.00. The molecule has 0 aliphatic heterocycles. The Balaban J connectivity index is 2.66. The summed E-state index contributed by atoms with van der Waals surface area (Å²) in [5.41, 5.74) is 5.53. The lowest BCUT2D eigenvalue weighted by Crippen LogP contribution is -2.08. The van der Waals surface area contributed by atoms with Gasteiger partial charge >= 0.3 is 0 Å². The van der Waals surface area contributed by atoms with Gasteiger partial charge in [0.25, 0.3) is 0 Å². The first kappa shape index (κ1) is 8.56. The molecule has 1 atom stereocenters. The van der Waals surface area contributed by atoms with E-state index >= 15 is 0 Å². The van der Waals surface area contributed by atoms with E-state index in [2.05, 4.69) is 0 Å². The van der Waals surface area contributed by atoms with Gasteiger partial charge in [-0.25, -0.2) is 4.39 Å². The molecule has 0 radical (unpaired) electrons. The van der Waals surface area contributed by atoms with Gasteiger partial charge in [0.15, 0.2) is 0 Å². The first-order chi connectivity index (χ1) is 5.18. The Morgan fingerprint density at radius 3 is 2.36 bits per heavy atom. The zero-order valence-corrected chi connectivity index (χ0v) is 7.07. The highest BCUT2D eigenvalue weighted by molar-refractivity contribution is 7.99. The molecule has 1 unspecified atom stereocenters. The third kappa shape index (κ3) is 2.91. The van der Waals surface area contributed by atoms with Crippen LogP contribution in [0.3, 0.4) is 0 Å². The van der Waals surface area contributed by atoms with Gasteiger partial charge in [-0.15, -0.1) is 11.8 Å². The van der Waals surface area contributed by atoms with Gasteiger partial charge in [-0.2, -0.15) is 0 Å². The Morgan fingerprint density at radius 1 is 1.36 bits per heavy atom.